The van der Waals surface area contributed by atoms with Crippen molar-refractivity contribution < 1.29 is 14.3 Å². The number of carbonyl (C=O) groups is 1. The average molecular weight is 429 g/mol. The van der Waals surface area contributed by atoms with E-state index in [1.807, 2.05) is 57.2 Å². The monoisotopic (exact) mass is 429 g/mol. The first kappa shape index (κ1) is 21.0. The van der Waals surface area contributed by atoms with Gasteiger partial charge in [-0.2, -0.15) is 5.26 Å². The molecule has 4 N–H and O–H groups in total. The second kappa shape index (κ2) is 8.47. The van der Waals surface area contributed by atoms with Gasteiger partial charge in [0.15, 0.2) is 6.61 Å². The van der Waals surface area contributed by atoms with Gasteiger partial charge in [-0.15, -0.1) is 5.10 Å². The highest BCUT2D eigenvalue weighted by Crippen LogP contribution is 2.45. The van der Waals surface area contributed by atoms with E-state index < -0.39 is 5.92 Å². The summed E-state index contributed by atoms with van der Waals surface area (Å²) in [6.07, 6.45) is 0. The molecule has 1 aliphatic heterocycles. The van der Waals surface area contributed by atoms with Crippen LogP contribution in [0.4, 0.5) is 5.69 Å². The first-order chi connectivity index (χ1) is 15.4. The smallest absolute Gasteiger partial charge is 0.262 e. The van der Waals surface area contributed by atoms with Crippen LogP contribution in [-0.2, 0) is 4.79 Å². The fraction of sp³-hybridized carbons (Fsp3) is 0.208. The van der Waals surface area contributed by atoms with Gasteiger partial charge in [0.05, 0.1) is 5.92 Å². The zero-order valence-electron chi connectivity index (χ0n) is 18.0. The van der Waals surface area contributed by atoms with Gasteiger partial charge >= 0.3 is 0 Å². The highest BCUT2D eigenvalue weighted by Gasteiger charge is 2.35. The Kier molecular flexibility index (Phi) is 5.56. The van der Waals surface area contributed by atoms with Gasteiger partial charge in [0.2, 0.25) is 11.8 Å². The number of nitrogens with two attached hydrogens (primary N) is 1. The second-order valence-corrected chi connectivity index (χ2v) is 7.63. The highest BCUT2D eigenvalue weighted by molar-refractivity contribution is 5.93. The summed E-state index contributed by atoms with van der Waals surface area (Å²) in [6.45, 7) is 5.54. The number of hydrogen-bond donors (Lipinski definition) is 3. The maximum Gasteiger partial charge on any atom is 0.262 e. The molecule has 2 aromatic carbocycles. The fourth-order valence-corrected chi connectivity index (χ4v) is 3.89. The predicted molar refractivity (Wildman–Crippen MR) is 119 cm³/mol. The summed E-state index contributed by atoms with van der Waals surface area (Å²) in [6, 6.07) is 15.2. The van der Waals surface area contributed by atoms with Crippen LogP contribution in [-0.4, -0.2) is 22.7 Å². The minimum Gasteiger partial charge on any atom is -0.483 e. The number of nitrogens with one attached hydrogen (secondary N) is 2. The van der Waals surface area contributed by atoms with E-state index >= 15 is 0 Å². The van der Waals surface area contributed by atoms with E-state index in [0.29, 0.717) is 22.8 Å². The molecule has 1 aliphatic rings. The first-order valence-corrected chi connectivity index (χ1v) is 10.1. The molecule has 32 heavy (non-hydrogen) atoms. The number of ether oxygens (including phenoxy) is 2. The second-order valence-electron chi connectivity index (χ2n) is 7.63. The van der Waals surface area contributed by atoms with E-state index in [1.165, 1.54) is 0 Å². The number of anilines is 1. The molecule has 0 fully saturated rings. The summed E-state index contributed by atoms with van der Waals surface area (Å²) >= 11 is 0. The Morgan fingerprint density at radius 1 is 1.22 bits per heavy atom. The summed E-state index contributed by atoms with van der Waals surface area (Å²) < 4.78 is 11.4. The zero-order chi connectivity index (χ0) is 22.8. The lowest BCUT2D eigenvalue weighted by Gasteiger charge is -2.25. The Bertz CT molecular complexity index is 1250. The molecular formula is C24H23N5O3. The Morgan fingerprint density at radius 3 is 2.66 bits per heavy atom. The van der Waals surface area contributed by atoms with Gasteiger partial charge < -0.3 is 20.5 Å². The van der Waals surface area contributed by atoms with Crippen molar-refractivity contribution in [3.05, 3.63) is 81.9 Å². The molecule has 1 amide bonds. The van der Waals surface area contributed by atoms with Crippen molar-refractivity contribution in [1.82, 2.24) is 10.2 Å². The number of para-hydroxylation sites is 2. The number of amides is 1. The van der Waals surface area contributed by atoms with E-state index in [0.717, 1.165) is 22.5 Å². The number of nitrogens with zero attached hydrogens (tertiary/aromatic N) is 2. The molecule has 0 saturated carbocycles. The van der Waals surface area contributed by atoms with E-state index in [4.69, 9.17) is 15.2 Å². The summed E-state index contributed by atoms with van der Waals surface area (Å²) in [4.78, 5) is 12.6. The van der Waals surface area contributed by atoms with Crippen LogP contribution in [0.25, 0.3) is 0 Å². The molecule has 4 rings (SSSR count). The molecule has 0 bridgehead atoms. The molecule has 8 nitrogen and oxygen atoms in total. The Hall–Kier alpha value is -4.25. The van der Waals surface area contributed by atoms with E-state index in [1.54, 1.807) is 6.07 Å². The van der Waals surface area contributed by atoms with Crippen molar-refractivity contribution in [2.24, 2.45) is 5.73 Å². The van der Waals surface area contributed by atoms with Gasteiger partial charge in [0, 0.05) is 22.5 Å². The van der Waals surface area contributed by atoms with Gasteiger partial charge in [-0.3, -0.25) is 9.89 Å². The van der Waals surface area contributed by atoms with Crippen molar-refractivity contribution >= 4 is 11.6 Å². The predicted octanol–water partition coefficient (Wildman–Crippen LogP) is 3.57. The van der Waals surface area contributed by atoms with Gasteiger partial charge in [-0.1, -0.05) is 36.4 Å². The number of aromatic amines is 1. The topological polar surface area (TPSA) is 126 Å². The third-order valence-corrected chi connectivity index (χ3v) is 5.46. The number of allylic oxidation sites excluding steroid dienone is 1. The maximum atomic E-state index is 12.6. The quantitative estimate of drug-likeness (QED) is 0.569. The molecule has 8 heteroatoms. The van der Waals surface area contributed by atoms with Crippen LogP contribution in [0.15, 0.2) is 53.9 Å². The molecule has 0 saturated heterocycles. The van der Waals surface area contributed by atoms with Crippen molar-refractivity contribution in [1.29, 1.82) is 5.26 Å². The van der Waals surface area contributed by atoms with Crippen molar-refractivity contribution in [3.8, 4) is 17.7 Å². The van der Waals surface area contributed by atoms with Gasteiger partial charge in [-0.05, 0) is 38.0 Å². The largest absolute Gasteiger partial charge is 0.483 e. The Labute approximate surface area is 185 Å². The lowest BCUT2D eigenvalue weighted by Crippen LogP contribution is -2.23. The molecule has 2 heterocycles. The summed E-state index contributed by atoms with van der Waals surface area (Å²) in [5, 5.41) is 19.7. The molecule has 1 atom stereocenters. The number of fused-ring (bicyclic) bond motifs is 1. The minimum absolute atomic E-state index is 0.000857. The molecule has 162 valence electrons. The molecule has 1 aromatic heterocycles. The normalized spacial score (nSPS) is 14.9. The summed E-state index contributed by atoms with van der Waals surface area (Å²) in [7, 11) is 0. The van der Waals surface area contributed by atoms with Crippen molar-refractivity contribution in [2.75, 3.05) is 11.9 Å². The van der Waals surface area contributed by atoms with Crippen molar-refractivity contribution in [3.63, 3.8) is 0 Å². The molecule has 0 aliphatic carbocycles. The summed E-state index contributed by atoms with van der Waals surface area (Å²) in [5.41, 5.74) is 11.2. The van der Waals surface area contributed by atoms with Gasteiger partial charge in [0.1, 0.15) is 17.4 Å². The van der Waals surface area contributed by atoms with Gasteiger partial charge in [-0.25, -0.2) is 0 Å². The molecule has 1 unspecified atom stereocenters. The molecule has 0 spiro atoms. The number of aryl methyl sites for hydroxylation is 3. The number of nitriles is 1. The van der Waals surface area contributed by atoms with Crippen LogP contribution in [0.3, 0.4) is 0 Å². The fourth-order valence-electron chi connectivity index (χ4n) is 3.89. The summed E-state index contributed by atoms with van der Waals surface area (Å²) in [5.74, 6) is -0.00546. The van der Waals surface area contributed by atoms with Crippen LogP contribution in [0.1, 0.15) is 33.9 Å². The lowest BCUT2D eigenvalue weighted by atomic mass is 9.83. The van der Waals surface area contributed by atoms with Crippen LogP contribution >= 0.6 is 0 Å². The number of hydrogen-bond acceptors (Lipinski definition) is 6. The Balaban J connectivity index is 1.62. The standard InChI is InChI=1S/C24H23N5O3/c1-13-7-6-8-14(2)22(13)27-19(30)12-31-18-10-5-4-9-16(18)21-17(11-25)23(26)32-24-20(21)15(3)28-29-24/h4-10,21H,12,26H2,1-3H3,(H,27,30)(H,28,29). The number of rotatable bonds is 5. The zero-order valence-corrected chi connectivity index (χ0v) is 18.0. The van der Waals surface area contributed by atoms with E-state index in [-0.39, 0.29) is 24.0 Å². The highest BCUT2D eigenvalue weighted by atomic mass is 16.5. The Morgan fingerprint density at radius 2 is 1.94 bits per heavy atom. The molecule has 3 aromatic rings. The first-order valence-electron chi connectivity index (χ1n) is 10.1. The maximum absolute atomic E-state index is 12.6. The van der Waals surface area contributed by atoms with Crippen LogP contribution in [0, 0.1) is 32.1 Å². The SMILES string of the molecule is Cc1cccc(C)c1NC(=O)COc1ccccc1C1C(C#N)=C(N)Oc2n[nH]c(C)c21. The van der Waals surface area contributed by atoms with Crippen LogP contribution < -0.4 is 20.5 Å². The van der Waals surface area contributed by atoms with Gasteiger partial charge in [0.25, 0.3) is 5.91 Å². The van der Waals surface area contributed by atoms with E-state index in [9.17, 15) is 10.1 Å². The third kappa shape index (κ3) is 3.76. The van der Waals surface area contributed by atoms with Crippen LogP contribution in [0.2, 0.25) is 0 Å². The lowest BCUT2D eigenvalue weighted by molar-refractivity contribution is -0.118. The van der Waals surface area contributed by atoms with Crippen molar-refractivity contribution in [2.45, 2.75) is 26.7 Å². The number of benzene rings is 2. The molecule has 0 radical (unpaired) electrons. The van der Waals surface area contributed by atoms with E-state index in [2.05, 4.69) is 21.6 Å². The average Bonchev–Trinajstić information content (AvgIpc) is 3.14. The number of carbonyl (C=O) groups excluding carboxylic acids is 1. The number of aromatic nitrogens is 2. The van der Waals surface area contributed by atoms with Crippen LogP contribution in [0.5, 0.6) is 11.6 Å². The number of H-pyrrole nitrogens is 1. The third-order valence-electron chi connectivity index (χ3n) is 5.46. The molecular weight excluding hydrogens is 406 g/mol. The minimum atomic E-state index is -0.527.